The van der Waals surface area contributed by atoms with Gasteiger partial charge in [0.2, 0.25) is 5.89 Å². The molecule has 0 fully saturated rings. The standard InChI is InChI=1S/C25H22N2O3/c1-27(17-18-8-4-3-5-9-18)25(28)22-11-7-6-10-21(22)24-26-16-23(30-24)19-12-14-20(29-2)15-13-19/h3-16H,17H2,1-2H3. The topological polar surface area (TPSA) is 55.6 Å². The lowest BCUT2D eigenvalue weighted by Gasteiger charge is -2.18. The lowest BCUT2D eigenvalue weighted by Crippen LogP contribution is -2.26. The Morgan fingerprint density at radius 3 is 2.40 bits per heavy atom. The second-order valence-electron chi connectivity index (χ2n) is 6.95. The zero-order chi connectivity index (χ0) is 20.9. The van der Waals surface area contributed by atoms with E-state index in [0.717, 1.165) is 16.9 Å². The Labute approximate surface area is 175 Å². The van der Waals surface area contributed by atoms with Gasteiger partial charge in [-0.25, -0.2) is 4.98 Å². The van der Waals surface area contributed by atoms with Gasteiger partial charge in [0.25, 0.3) is 5.91 Å². The number of hydrogen-bond acceptors (Lipinski definition) is 4. The fourth-order valence-corrected chi connectivity index (χ4v) is 3.28. The maximum atomic E-state index is 13.1. The van der Waals surface area contributed by atoms with Gasteiger partial charge < -0.3 is 14.1 Å². The van der Waals surface area contributed by atoms with Crippen molar-refractivity contribution in [2.75, 3.05) is 14.2 Å². The molecular formula is C25H22N2O3. The molecule has 0 aliphatic carbocycles. The Hall–Kier alpha value is -3.86. The fraction of sp³-hybridized carbons (Fsp3) is 0.120. The maximum absolute atomic E-state index is 13.1. The molecule has 4 rings (SSSR count). The summed E-state index contributed by atoms with van der Waals surface area (Å²) >= 11 is 0. The molecule has 0 unspecified atom stereocenters. The van der Waals surface area contributed by atoms with Gasteiger partial charge in [-0.15, -0.1) is 0 Å². The van der Waals surface area contributed by atoms with E-state index < -0.39 is 0 Å². The summed E-state index contributed by atoms with van der Waals surface area (Å²) in [6, 6.07) is 24.8. The van der Waals surface area contributed by atoms with E-state index in [1.807, 2.05) is 72.8 Å². The van der Waals surface area contributed by atoms with Gasteiger partial charge in [0.15, 0.2) is 5.76 Å². The SMILES string of the molecule is COc1ccc(-c2cnc(-c3ccccc3C(=O)N(C)Cc3ccccc3)o2)cc1. The minimum Gasteiger partial charge on any atom is -0.497 e. The van der Waals surface area contributed by atoms with Gasteiger partial charge in [-0.3, -0.25) is 4.79 Å². The number of nitrogens with zero attached hydrogens (tertiary/aromatic N) is 2. The lowest BCUT2D eigenvalue weighted by atomic mass is 10.1. The molecule has 1 heterocycles. The molecule has 0 saturated heterocycles. The highest BCUT2D eigenvalue weighted by Gasteiger charge is 2.20. The Morgan fingerprint density at radius 1 is 0.967 bits per heavy atom. The van der Waals surface area contributed by atoms with Crippen LogP contribution in [-0.4, -0.2) is 29.9 Å². The Kier molecular flexibility index (Phi) is 5.61. The minimum atomic E-state index is -0.0846. The van der Waals surface area contributed by atoms with Crippen molar-refractivity contribution in [1.29, 1.82) is 0 Å². The summed E-state index contributed by atoms with van der Waals surface area (Å²) in [6.07, 6.45) is 1.67. The number of amides is 1. The van der Waals surface area contributed by atoms with Crippen LogP contribution in [0.25, 0.3) is 22.8 Å². The van der Waals surface area contributed by atoms with E-state index in [4.69, 9.17) is 9.15 Å². The average molecular weight is 398 g/mol. The third kappa shape index (κ3) is 4.10. The number of oxazole rings is 1. The van der Waals surface area contributed by atoms with Crippen molar-refractivity contribution in [2.24, 2.45) is 0 Å². The first kappa shape index (κ1) is 19.5. The zero-order valence-electron chi connectivity index (χ0n) is 16.9. The molecule has 0 saturated carbocycles. The maximum Gasteiger partial charge on any atom is 0.254 e. The normalized spacial score (nSPS) is 10.6. The Morgan fingerprint density at radius 2 is 1.67 bits per heavy atom. The molecule has 0 aliphatic heterocycles. The average Bonchev–Trinajstić information content (AvgIpc) is 3.29. The van der Waals surface area contributed by atoms with Gasteiger partial charge in [-0.1, -0.05) is 42.5 Å². The number of rotatable bonds is 6. The van der Waals surface area contributed by atoms with Gasteiger partial charge in [0.1, 0.15) is 5.75 Å². The highest BCUT2D eigenvalue weighted by molar-refractivity contribution is 5.99. The van der Waals surface area contributed by atoms with E-state index in [2.05, 4.69) is 4.98 Å². The van der Waals surface area contributed by atoms with Gasteiger partial charge >= 0.3 is 0 Å². The summed E-state index contributed by atoms with van der Waals surface area (Å²) in [6.45, 7) is 0.524. The molecule has 4 aromatic rings. The quantitative estimate of drug-likeness (QED) is 0.443. The third-order valence-electron chi connectivity index (χ3n) is 4.88. The number of aromatic nitrogens is 1. The second-order valence-corrected chi connectivity index (χ2v) is 6.95. The molecule has 30 heavy (non-hydrogen) atoms. The van der Waals surface area contributed by atoms with Crippen LogP contribution in [0.1, 0.15) is 15.9 Å². The first-order chi connectivity index (χ1) is 14.7. The zero-order valence-corrected chi connectivity index (χ0v) is 16.9. The van der Waals surface area contributed by atoms with Crippen molar-refractivity contribution in [1.82, 2.24) is 9.88 Å². The molecule has 3 aromatic carbocycles. The van der Waals surface area contributed by atoms with Gasteiger partial charge in [0.05, 0.1) is 18.9 Å². The first-order valence-corrected chi connectivity index (χ1v) is 9.65. The monoisotopic (exact) mass is 398 g/mol. The van der Waals surface area contributed by atoms with Crippen molar-refractivity contribution in [3.8, 4) is 28.5 Å². The molecule has 0 aliphatic rings. The van der Waals surface area contributed by atoms with E-state index in [9.17, 15) is 4.79 Å². The molecule has 0 N–H and O–H groups in total. The van der Waals surface area contributed by atoms with E-state index >= 15 is 0 Å². The molecule has 1 aromatic heterocycles. The summed E-state index contributed by atoms with van der Waals surface area (Å²) in [5.74, 6) is 1.74. The minimum absolute atomic E-state index is 0.0846. The summed E-state index contributed by atoms with van der Waals surface area (Å²) in [4.78, 5) is 19.3. The number of carbonyl (C=O) groups excluding carboxylic acids is 1. The Bertz CT molecular complexity index is 1130. The largest absolute Gasteiger partial charge is 0.497 e. The molecule has 0 radical (unpaired) electrons. The molecule has 150 valence electrons. The van der Waals surface area contributed by atoms with Crippen LogP contribution in [0.2, 0.25) is 0 Å². The van der Waals surface area contributed by atoms with Gasteiger partial charge in [-0.05, 0) is 42.0 Å². The summed E-state index contributed by atoms with van der Waals surface area (Å²) in [5.41, 5.74) is 3.18. The molecule has 0 bridgehead atoms. The fourth-order valence-electron chi connectivity index (χ4n) is 3.28. The van der Waals surface area contributed by atoms with Crippen LogP contribution in [0, 0.1) is 0 Å². The van der Waals surface area contributed by atoms with Crippen LogP contribution >= 0.6 is 0 Å². The highest BCUT2D eigenvalue weighted by Crippen LogP contribution is 2.29. The van der Waals surface area contributed by atoms with Crippen LogP contribution in [0.3, 0.4) is 0 Å². The number of ether oxygens (including phenoxy) is 1. The number of hydrogen-bond donors (Lipinski definition) is 0. The van der Waals surface area contributed by atoms with E-state index in [1.54, 1.807) is 31.3 Å². The van der Waals surface area contributed by atoms with Gasteiger partial charge in [0, 0.05) is 24.7 Å². The van der Waals surface area contributed by atoms with E-state index in [1.165, 1.54) is 0 Å². The van der Waals surface area contributed by atoms with Crippen molar-refractivity contribution in [3.63, 3.8) is 0 Å². The van der Waals surface area contributed by atoms with Crippen molar-refractivity contribution in [2.45, 2.75) is 6.54 Å². The summed E-state index contributed by atoms with van der Waals surface area (Å²) in [7, 11) is 3.43. The van der Waals surface area contributed by atoms with Crippen LogP contribution < -0.4 is 4.74 Å². The van der Waals surface area contributed by atoms with Crippen molar-refractivity contribution in [3.05, 3.63) is 96.2 Å². The highest BCUT2D eigenvalue weighted by atomic mass is 16.5. The van der Waals surface area contributed by atoms with E-state index in [0.29, 0.717) is 29.3 Å². The number of methoxy groups -OCH3 is 1. The molecule has 5 nitrogen and oxygen atoms in total. The second kappa shape index (κ2) is 8.66. The van der Waals surface area contributed by atoms with Crippen molar-refractivity contribution >= 4 is 5.91 Å². The molecule has 1 amide bonds. The predicted molar refractivity (Wildman–Crippen MR) is 116 cm³/mol. The smallest absolute Gasteiger partial charge is 0.254 e. The first-order valence-electron chi connectivity index (χ1n) is 9.65. The van der Waals surface area contributed by atoms with Crippen LogP contribution in [-0.2, 0) is 6.54 Å². The van der Waals surface area contributed by atoms with Crippen molar-refractivity contribution < 1.29 is 13.9 Å². The predicted octanol–water partition coefficient (Wildman–Crippen LogP) is 5.29. The van der Waals surface area contributed by atoms with E-state index in [-0.39, 0.29) is 5.91 Å². The molecule has 0 atom stereocenters. The molecule has 5 heteroatoms. The summed E-state index contributed by atoms with van der Waals surface area (Å²) in [5, 5.41) is 0. The number of benzene rings is 3. The van der Waals surface area contributed by atoms with Crippen LogP contribution in [0.5, 0.6) is 5.75 Å². The van der Waals surface area contributed by atoms with Gasteiger partial charge in [-0.2, -0.15) is 0 Å². The lowest BCUT2D eigenvalue weighted by molar-refractivity contribution is 0.0785. The third-order valence-corrected chi connectivity index (χ3v) is 4.88. The molecule has 0 spiro atoms. The van der Waals surface area contributed by atoms with Crippen LogP contribution in [0.15, 0.2) is 89.5 Å². The Balaban J connectivity index is 1.60. The van der Waals surface area contributed by atoms with Crippen LogP contribution in [0.4, 0.5) is 0 Å². The number of carbonyl (C=O) groups is 1. The molecular weight excluding hydrogens is 376 g/mol. The summed E-state index contributed by atoms with van der Waals surface area (Å²) < 4.78 is 11.2.